The summed E-state index contributed by atoms with van der Waals surface area (Å²) in [6.07, 6.45) is 0. The van der Waals surface area contributed by atoms with Gasteiger partial charge in [-0.1, -0.05) is 12.1 Å². The summed E-state index contributed by atoms with van der Waals surface area (Å²) in [5, 5.41) is 0.856. The monoisotopic (exact) mass is 468 g/mol. The Labute approximate surface area is 202 Å². The molecule has 0 bridgehead atoms. The number of nitrogens with zero attached hydrogens (tertiary/aromatic N) is 3. The van der Waals surface area contributed by atoms with Gasteiger partial charge >= 0.3 is 0 Å². The highest BCUT2D eigenvalue weighted by Crippen LogP contribution is 2.31. The van der Waals surface area contributed by atoms with Crippen LogP contribution in [-0.4, -0.2) is 38.5 Å². The van der Waals surface area contributed by atoms with E-state index < -0.39 is 0 Å². The highest BCUT2D eigenvalue weighted by Gasteiger charge is 2.25. The summed E-state index contributed by atoms with van der Waals surface area (Å²) in [7, 11) is 0. The van der Waals surface area contributed by atoms with Crippen molar-refractivity contribution in [2.45, 2.75) is 26.9 Å². The molecule has 0 fully saturated rings. The van der Waals surface area contributed by atoms with Crippen LogP contribution in [0.5, 0.6) is 5.75 Å². The maximum atomic E-state index is 13.9. The van der Waals surface area contributed by atoms with Crippen LogP contribution in [0, 0.1) is 12.7 Å². The summed E-state index contributed by atoms with van der Waals surface area (Å²) in [6, 6.07) is 18.8. The topological polar surface area (TPSA) is 63.1 Å². The molecule has 6 nitrogen and oxygen atoms in total. The van der Waals surface area contributed by atoms with Crippen LogP contribution < -0.4 is 4.74 Å². The van der Waals surface area contributed by atoms with Crippen molar-refractivity contribution in [3.8, 4) is 16.9 Å². The second kappa shape index (κ2) is 8.27. The van der Waals surface area contributed by atoms with E-state index in [-0.39, 0.29) is 11.7 Å². The van der Waals surface area contributed by atoms with Gasteiger partial charge in [0.25, 0.3) is 5.91 Å². The number of ether oxygens (including phenoxy) is 1. The molecule has 0 radical (unpaired) electrons. The van der Waals surface area contributed by atoms with E-state index in [1.165, 1.54) is 12.1 Å². The Balaban J connectivity index is 1.34. The molecule has 0 atom stereocenters. The van der Waals surface area contributed by atoms with Crippen molar-refractivity contribution >= 4 is 27.8 Å². The van der Waals surface area contributed by atoms with Gasteiger partial charge in [0, 0.05) is 24.0 Å². The van der Waals surface area contributed by atoms with Crippen LogP contribution in [0.25, 0.3) is 33.1 Å². The highest BCUT2D eigenvalue weighted by atomic mass is 19.1. The van der Waals surface area contributed by atoms with Crippen molar-refractivity contribution in [1.29, 1.82) is 0 Å². The molecule has 2 aromatic heterocycles. The summed E-state index contributed by atoms with van der Waals surface area (Å²) in [5.74, 6) is 1.28. The molecule has 1 aliphatic heterocycles. The Bertz CT molecular complexity index is 1600. The molecule has 1 aliphatic rings. The van der Waals surface area contributed by atoms with E-state index in [2.05, 4.69) is 28.2 Å². The number of benzene rings is 3. The molecule has 176 valence electrons. The Morgan fingerprint density at radius 3 is 2.77 bits per heavy atom. The molecule has 1 N–H and O–H groups in total. The van der Waals surface area contributed by atoms with Crippen molar-refractivity contribution in [3.05, 3.63) is 83.6 Å². The van der Waals surface area contributed by atoms with Gasteiger partial charge in [0.1, 0.15) is 29.7 Å². The largest absolute Gasteiger partial charge is 0.491 e. The van der Waals surface area contributed by atoms with Crippen LogP contribution in [0.2, 0.25) is 0 Å². The lowest BCUT2D eigenvalue weighted by Gasteiger charge is -2.21. The summed E-state index contributed by atoms with van der Waals surface area (Å²) < 4.78 is 21.7. The normalized spacial score (nSPS) is 13.6. The number of H-pyrrole nitrogens is 1. The molecular formula is C28H25FN4O2. The Morgan fingerprint density at radius 1 is 1.09 bits per heavy atom. The molecule has 0 saturated heterocycles. The number of carbonyl (C=O) groups is 1. The summed E-state index contributed by atoms with van der Waals surface area (Å²) in [6.45, 7) is 5.81. The van der Waals surface area contributed by atoms with E-state index in [1.807, 2.05) is 47.6 Å². The second-order valence-electron chi connectivity index (χ2n) is 8.93. The number of imidazole rings is 1. The third kappa shape index (κ3) is 3.73. The quantitative estimate of drug-likeness (QED) is 0.370. The van der Waals surface area contributed by atoms with Crippen LogP contribution in [0.3, 0.4) is 0 Å². The van der Waals surface area contributed by atoms with Gasteiger partial charge in [-0.2, -0.15) is 0 Å². The molecule has 0 saturated carbocycles. The Morgan fingerprint density at radius 2 is 1.91 bits per heavy atom. The Hall–Kier alpha value is -4.13. The molecule has 7 heteroatoms. The lowest BCUT2D eigenvalue weighted by Crippen LogP contribution is -2.33. The van der Waals surface area contributed by atoms with E-state index in [4.69, 9.17) is 4.74 Å². The fraction of sp³-hybridized carbons (Fsp3) is 0.214. The average Bonchev–Trinajstić information content (AvgIpc) is 3.33. The van der Waals surface area contributed by atoms with E-state index in [9.17, 15) is 9.18 Å². The van der Waals surface area contributed by atoms with Gasteiger partial charge in [-0.15, -0.1) is 0 Å². The maximum absolute atomic E-state index is 13.9. The molecule has 3 aromatic carbocycles. The van der Waals surface area contributed by atoms with Crippen molar-refractivity contribution in [2.75, 3.05) is 13.2 Å². The molecular weight excluding hydrogens is 443 g/mol. The number of aryl methyl sites for hydroxylation is 2. The van der Waals surface area contributed by atoms with Crippen molar-refractivity contribution < 1.29 is 13.9 Å². The molecule has 35 heavy (non-hydrogen) atoms. The fourth-order valence-corrected chi connectivity index (χ4v) is 4.97. The lowest BCUT2D eigenvalue weighted by molar-refractivity contribution is 0.0723. The van der Waals surface area contributed by atoms with Crippen LogP contribution in [-0.2, 0) is 13.1 Å². The minimum absolute atomic E-state index is 0.0836. The number of rotatable bonds is 3. The molecule has 1 amide bonds. The molecule has 0 spiro atoms. The zero-order valence-corrected chi connectivity index (χ0v) is 19.6. The first-order valence-corrected chi connectivity index (χ1v) is 11.8. The van der Waals surface area contributed by atoms with E-state index in [1.54, 1.807) is 6.07 Å². The van der Waals surface area contributed by atoms with Crippen LogP contribution in [0.4, 0.5) is 4.39 Å². The highest BCUT2D eigenvalue weighted by molar-refractivity contribution is 5.99. The summed E-state index contributed by atoms with van der Waals surface area (Å²) in [4.78, 5) is 23.2. The number of aromatic amines is 1. The zero-order valence-electron chi connectivity index (χ0n) is 19.6. The summed E-state index contributed by atoms with van der Waals surface area (Å²) in [5.41, 5.74) is 6.30. The van der Waals surface area contributed by atoms with Crippen molar-refractivity contribution in [1.82, 2.24) is 19.4 Å². The third-order valence-electron chi connectivity index (χ3n) is 6.66. The van der Waals surface area contributed by atoms with Gasteiger partial charge in [-0.3, -0.25) is 4.79 Å². The predicted molar refractivity (Wildman–Crippen MR) is 134 cm³/mol. The van der Waals surface area contributed by atoms with Gasteiger partial charge < -0.3 is 19.2 Å². The Kier molecular flexibility index (Phi) is 5.06. The predicted octanol–water partition coefficient (Wildman–Crippen LogP) is 5.69. The zero-order chi connectivity index (χ0) is 24.1. The SMILES string of the molecule is CCn1c(C(=O)N2CCOc3ccc(-c4ccc5nc(C)[nH]c5c4)cc3C2)cc2ccc(F)cc21. The fourth-order valence-electron chi connectivity index (χ4n) is 4.97. The summed E-state index contributed by atoms with van der Waals surface area (Å²) >= 11 is 0. The number of halogens is 1. The van der Waals surface area contributed by atoms with Gasteiger partial charge in [0.05, 0.1) is 23.1 Å². The standard InChI is InChI=1S/C28H25FN4O2/c1-3-33-25-15-22(29)7-4-20(25)14-26(33)28(34)32-10-11-35-27-9-6-18(12-21(27)16-32)19-5-8-23-24(13-19)31-17(2)30-23/h4-9,12-15H,3,10-11,16H2,1-2H3,(H,30,31). The average molecular weight is 469 g/mol. The molecule has 0 aliphatic carbocycles. The van der Waals surface area contributed by atoms with Crippen LogP contribution in [0.15, 0.2) is 60.7 Å². The number of hydrogen-bond donors (Lipinski definition) is 1. The number of amides is 1. The first kappa shape index (κ1) is 21.4. The lowest BCUT2D eigenvalue weighted by atomic mass is 10.0. The maximum Gasteiger partial charge on any atom is 0.270 e. The molecule has 6 rings (SSSR count). The third-order valence-corrected chi connectivity index (χ3v) is 6.66. The first-order valence-electron chi connectivity index (χ1n) is 11.8. The minimum Gasteiger partial charge on any atom is -0.491 e. The van der Waals surface area contributed by atoms with Gasteiger partial charge in [0.15, 0.2) is 0 Å². The van der Waals surface area contributed by atoms with E-state index >= 15 is 0 Å². The van der Waals surface area contributed by atoms with Gasteiger partial charge in [0.2, 0.25) is 0 Å². The molecule has 5 aromatic rings. The van der Waals surface area contributed by atoms with Crippen molar-refractivity contribution in [2.24, 2.45) is 0 Å². The van der Waals surface area contributed by atoms with Gasteiger partial charge in [-0.05, 0) is 73.5 Å². The number of carbonyl (C=O) groups excluding carboxylic acids is 1. The minimum atomic E-state index is -0.308. The molecule has 3 heterocycles. The van der Waals surface area contributed by atoms with Crippen LogP contribution >= 0.6 is 0 Å². The van der Waals surface area contributed by atoms with E-state index in [0.29, 0.717) is 31.9 Å². The smallest absolute Gasteiger partial charge is 0.270 e. The van der Waals surface area contributed by atoms with Crippen LogP contribution in [0.1, 0.15) is 28.8 Å². The number of aromatic nitrogens is 3. The van der Waals surface area contributed by atoms with E-state index in [0.717, 1.165) is 50.2 Å². The second-order valence-corrected chi connectivity index (χ2v) is 8.93. The molecule has 0 unspecified atom stereocenters. The number of nitrogens with one attached hydrogen (secondary N) is 1. The van der Waals surface area contributed by atoms with Gasteiger partial charge in [-0.25, -0.2) is 9.37 Å². The van der Waals surface area contributed by atoms with Crippen molar-refractivity contribution in [3.63, 3.8) is 0 Å². The number of fused-ring (bicyclic) bond motifs is 3. The first-order chi connectivity index (χ1) is 17.0. The number of hydrogen-bond acceptors (Lipinski definition) is 3.